The Kier molecular flexibility index (Phi) is 6.63. The van der Waals surface area contributed by atoms with Gasteiger partial charge in [0, 0.05) is 24.8 Å². The van der Waals surface area contributed by atoms with E-state index in [9.17, 15) is 5.11 Å². The first-order valence-electron chi connectivity index (χ1n) is 6.85. The molecule has 2 rings (SSSR count). The van der Waals surface area contributed by atoms with E-state index in [0.29, 0.717) is 31.5 Å². The third kappa shape index (κ3) is 5.81. The molecule has 0 aliphatic rings. The summed E-state index contributed by atoms with van der Waals surface area (Å²) in [5, 5.41) is 13.5. The standard InChI is InChI=1S/C16H19ClN2O2/c17-16-14(7-4-8-19-16)9-18-10-15(20)12-21-11-13-5-2-1-3-6-13/h1-8,15,18,20H,9-12H2. The van der Waals surface area contributed by atoms with Crippen molar-refractivity contribution in [2.45, 2.75) is 19.3 Å². The van der Waals surface area contributed by atoms with Crippen LogP contribution in [0.4, 0.5) is 0 Å². The minimum atomic E-state index is -0.552. The molecule has 5 heteroatoms. The molecule has 0 aliphatic carbocycles. The van der Waals surface area contributed by atoms with Crippen molar-refractivity contribution in [2.75, 3.05) is 13.2 Å². The number of aliphatic hydroxyl groups is 1. The molecule has 1 aromatic heterocycles. The molecule has 2 N–H and O–H groups in total. The van der Waals surface area contributed by atoms with Crippen molar-refractivity contribution >= 4 is 11.6 Å². The Morgan fingerprint density at radius 1 is 1.19 bits per heavy atom. The fourth-order valence-electron chi connectivity index (χ4n) is 1.87. The lowest BCUT2D eigenvalue weighted by molar-refractivity contribution is 0.0287. The summed E-state index contributed by atoms with van der Waals surface area (Å²) in [6.07, 6.45) is 1.10. The minimum Gasteiger partial charge on any atom is -0.389 e. The molecule has 0 fully saturated rings. The summed E-state index contributed by atoms with van der Waals surface area (Å²) in [4.78, 5) is 4.00. The third-order valence-corrected chi connectivity index (χ3v) is 3.29. The molecule has 1 atom stereocenters. The van der Waals surface area contributed by atoms with E-state index in [-0.39, 0.29) is 0 Å². The van der Waals surface area contributed by atoms with Gasteiger partial charge < -0.3 is 15.2 Å². The Bertz CT molecular complexity index is 537. The number of halogens is 1. The van der Waals surface area contributed by atoms with Crippen molar-refractivity contribution in [2.24, 2.45) is 0 Å². The molecule has 0 amide bonds. The largest absolute Gasteiger partial charge is 0.389 e. The van der Waals surface area contributed by atoms with Gasteiger partial charge in [0.15, 0.2) is 0 Å². The van der Waals surface area contributed by atoms with Crippen molar-refractivity contribution in [3.05, 3.63) is 64.9 Å². The van der Waals surface area contributed by atoms with Gasteiger partial charge in [-0.25, -0.2) is 4.98 Å². The van der Waals surface area contributed by atoms with E-state index in [1.807, 2.05) is 42.5 Å². The first-order valence-corrected chi connectivity index (χ1v) is 7.23. The predicted molar refractivity (Wildman–Crippen MR) is 83.1 cm³/mol. The molecule has 112 valence electrons. The summed E-state index contributed by atoms with van der Waals surface area (Å²) in [6.45, 7) is 1.82. The van der Waals surface area contributed by atoms with E-state index >= 15 is 0 Å². The maximum atomic E-state index is 9.84. The number of hydrogen-bond donors (Lipinski definition) is 2. The predicted octanol–water partition coefficient (Wildman–Crippen LogP) is 2.40. The summed E-state index contributed by atoms with van der Waals surface area (Å²) in [7, 11) is 0. The normalized spacial score (nSPS) is 12.3. The summed E-state index contributed by atoms with van der Waals surface area (Å²) in [5.74, 6) is 0. The molecule has 1 unspecified atom stereocenters. The second-order valence-corrected chi connectivity index (χ2v) is 5.10. The van der Waals surface area contributed by atoms with Crippen LogP contribution in [0.5, 0.6) is 0 Å². The number of pyridine rings is 1. The second-order valence-electron chi connectivity index (χ2n) is 4.74. The number of ether oxygens (including phenoxy) is 1. The Labute approximate surface area is 129 Å². The Balaban J connectivity index is 1.62. The van der Waals surface area contributed by atoms with Gasteiger partial charge in [0.05, 0.1) is 19.3 Å². The van der Waals surface area contributed by atoms with Crippen LogP contribution in [0.1, 0.15) is 11.1 Å². The monoisotopic (exact) mass is 306 g/mol. The third-order valence-electron chi connectivity index (χ3n) is 2.95. The highest BCUT2D eigenvalue weighted by molar-refractivity contribution is 6.30. The molecule has 0 saturated carbocycles. The molecular weight excluding hydrogens is 288 g/mol. The molecule has 2 aromatic rings. The highest BCUT2D eigenvalue weighted by Gasteiger charge is 2.05. The van der Waals surface area contributed by atoms with Gasteiger partial charge in [-0.2, -0.15) is 0 Å². The molecular formula is C16H19ClN2O2. The van der Waals surface area contributed by atoms with E-state index in [1.54, 1.807) is 6.20 Å². The average molecular weight is 307 g/mol. The van der Waals surface area contributed by atoms with E-state index in [1.165, 1.54) is 0 Å². The van der Waals surface area contributed by atoms with Crippen LogP contribution in [-0.2, 0) is 17.9 Å². The number of aromatic nitrogens is 1. The Morgan fingerprint density at radius 3 is 2.76 bits per heavy atom. The maximum Gasteiger partial charge on any atom is 0.133 e. The molecule has 0 aliphatic heterocycles. The summed E-state index contributed by atoms with van der Waals surface area (Å²) in [6, 6.07) is 13.6. The van der Waals surface area contributed by atoms with Gasteiger partial charge in [-0.05, 0) is 11.6 Å². The lowest BCUT2D eigenvalue weighted by atomic mass is 10.2. The van der Waals surface area contributed by atoms with Crippen LogP contribution in [0.3, 0.4) is 0 Å². The van der Waals surface area contributed by atoms with Crippen LogP contribution in [0.2, 0.25) is 5.15 Å². The summed E-state index contributed by atoms with van der Waals surface area (Å²) in [5.41, 5.74) is 2.01. The molecule has 0 bridgehead atoms. The molecule has 1 heterocycles. The highest BCUT2D eigenvalue weighted by Crippen LogP contribution is 2.10. The fraction of sp³-hybridized carbons (Fsp3) is 0.312. The van der Waals surface area contributed by atoms with Crippen molar-refractivity contribution in [3.63, 3.8) is 0 Å². The molecule has 0 radical (unpaired) electrons. The van der Waals surface area contributed by atoms with Gasteiger partial charge in [0.2, 0.25) is 0 Å². The number of aliphatic hydroxyl groups excluding tert-OH is 1. The van der Waals surface area contributed by atoms with Crippen LogP contribution in [0.25, 0.3) is 0 Å². The number of benzene rings is 1. The molecule has 0 spiro atoms. The van der Waals surface area contributed by atoms with Gasteiger partial charge >= 0.3 is 0 Å². The molecule has 4 nitrogen and oxygen atoms in total. The SMILES string of the molecule is OC(CNCc1cccnc1Cl)COCc1ccccc1. The zero-order valence-corrected chi connectivity index (χ0v) is 12.5. The maximum absolute atomic E-state index is 9.84. The van der Waals surface area contributed by atoms with Crippen LogP contribution >= 0.6 is 11.6 Å². The topological polar surface area (TPSA) is 54.4 Å². The van der Waals surface area contributed by atoms with Crippen LogP contribution in [0.15, 0.2) is 48.7 Å². The highest BCUT2D eigenvalue weighted by atomic mass is 35.5. The zero-order valence-electron chi connectivity index (χ0n) is 11.7. The molecule has 0 saturated heterocycles. The Morgan fingerprint density at radius 2 is 2.00 bits per heavy atom. The van der Waals surface area contributed by atoms with Gasteiger partial charge in [-0.15, -0.1) is 0 Å². The average Bonchev–Trinajstić information content (AvgIpc) is 2.50. The van der Waals surface area contributed by atoms with E-state index in [0.717, 1.165) is 11.1 Å². The van der Waals surface area contributed by atoms with Gasteiger partial charge in [-0.1, -0.05) is 48.0 Å². The minimum absolute atomic E-state index is 0.294. The second kappa shape index (κ2) is 8.74. The number of nitrogens with one attached hydrogen (secondary N) is 1. The van der Waals surface area contributed by atoms with Crippen molar-refractivity contribution < 1.29 is 9.84 Å². The molecule has 1 aromatic carbocycles. The quantitative estimate of drug-likeness (QED) is 0.735. The molecule has 21 heavy (non-hydrogen) atoms. The van der Waals surface area contributed by atoms with Crippen molar-refractivity contribution in [1.82, 2.24) is 10.3 Å². The van der Waals surface area contributed by atoms with Gasteiger partial charge in [0.25, 0.3) is 0 Å². The lowest BCUT2D eigenvalue weighted by Crippen LogP contribution is -2.30. The van der Waals surface area contributed by atoms with Gasteiger partial charge in [-0.3, -0.25) is 0 Å². The number of hydrogen-bond acceptors (Lipinski definition) is 4. The van der Waals surface area contributed by atoms with E-state index < -0.39 is 6.10 Å². The van der Waals surface area contributed by atoms with Crippen LogP contribution in [-0.4, -0.2) is 29.3 Å². The summed E-state index contributed by atoms with van der Waals surface area (Å²) >= 11 is 5.95. The lowest BCUT2D eigenvalue weighted by Gasteiger charge is -2.12. The number of nitrogens with zero attached hydrogens (tertiary/aromatic N) is 1. The van der Waals surface area contributed by atoms with Crippen molar-refractivity contribution in [3.8, 4) is 0 Å². The summed E-state index contributed by atoms with van der Waals surface area (Å²) < 4.78 is 5.48. The Hall–Kier alpha value is -1.46. The zero-order chi connectivity index (χ0) is 14.9. The van der Waals surface area contributed by atoms with Crippen molar-refractivity contribution in [1.29, 1.82) is 0 Å². The van der Waals surface area contributed by atoms with Crippen LogP contribution in [0, 0.1) is 0 Å². The van der Waals surface area contributed by atoms with E-state index in [2.05, 4.69) is 10.3 Å². The fourth-order valence-corrected chi connectivity index (χ4v) is 2.06. The van der Waals surface area contributed by atoms with E-state index in [4.69, 9.17) is 16.3 Å². The first-order chi connectivity index (χ1) is 10.3. The smallest absolute Gasteiger partial charge is 0.133 e. The first kappa shape index (κ1) is 15.9. The van der Waals surface area contributed by atoms with Crippen LogP contribution < -0.4 is 5.32 Å². The van der Waals surface area contributed by atoms with Gasteiger partial charge in [0.1, 0.15) is 5.15 Å². The number of rotatable bonds is 8.